The lowest BCUT2D eigenvalue weighted by molar-refractivity contribution is 0.102. The molecular weight excluding hydrogens is 420 g/mol. The fourth-order valence-corrected chi connectivity index (χ4v) is 3.56. The Kier molecular flexibility index (Phi) is 5.61. The molecule has 33 heavy (non-hydrogen) atoms. The largest absolute Gasteiger partial charge is 0.497 e. The average Bonchev–Trinajstić information content (AvgIpc) is 3.60. The minimum atomic E-state index is -0.316. The third kappa shape index (κ3) is 4.35. The van der Waals surface area contributed by atoms with Crippen LogP contribution in [0.15, 0.2) is 84.0 Å². The summed E-state index contributed by atoms with van der Waals surface area (Å²) < 4.78 is 14.3. The van der Waals surface area contributed by atoms with E-state index in [9.17, 15) is 4.79 Å². The Morgan fingerprint density at radius 2 is 2.06 bits per heavy atom. The van der Waals surface area contributed by atoms with Gasteiger partial charge in [-0.1, -0.05) is 12.1 Å². The van der Waals surface area contributed by atoms with Crippen molar-refractivity contribution in [1.82, 2.24) is 24.3 Å². The predicted molar refractivity (Wildman–Crippen MR) is 123 cm³/mol. The number of anilines is 1. The first kappa shape index (κ1) is 20.5. The first-order valence-electron chi connectivity index (χ1n) is 10.4. The summed E-state index contributed by atoms with van der Waals surface area (Å²) in [5.74, 6) is 1.85. The van der Waals surface area contributed by atoms with Gasteiger partial charge < -0.3 is 19.8 Å². The van der Waals surface area contributed by atoms with E-state index in [1.807, 2.05) is 53.1 Å². The number of methoxy groups -OCH3 is 1. The Hall–Kier alpha value is -4.37. The van der Waals surface area contributed by atoms with E-state index in [1.165, 1.54) is 0 Å². The van der Waals surface area contributed by atoms with Gasteiger partial charge in [-0.15, -0.1) is 0 Å². The SMILES string of the molecule is COc1cccc(NC(=O)c2cn(-c3nc(CNCc4ccco4)c4ccccn34)cn2)c1. The van der Waals surface area contributed by atoms with Crippen molar-refractivity contribution in [3.63, 3.8) is 0 Å². The number of nitrogens with one attached hydrogen (secondary N) is 2. The number of amides is 1. The zero-order valence-corrected chi connectivity index (χ0v) is 17.9. The number of ether oxygens (including phenoxy) is 1. The molecule has 0 saturated heterocycles. The molecule has 0 atom stereocenters. The highest BCUT2D eigenvalue weighted by molar-refractivity contribution is 6.02. The lowest BCUT2D eigenvalue weighted by Gasteiger charge is -2.05. The van der Waals surface area contributed by atoms with Crippen molar-refractivity contribution < 1.29 is 13.9 Å². The van der Waals surface area contributed by atoms with Crippen molar-refractivity contribution in [3.05, 3.63) is 96.7 Å². The van der Waals surface area contributed by atoms with Crippen LogP contribution in [0.4, 0.5) is 5.69 Å². The fourth-order valence-electron chi connectivity index (χ4n) is 3.56. The number of furan rings is 1. The van der Waals surface area contributed by atoms with Crippen molar-refractivity contribution in [2.75, 3.05) is 12.4 Å². The molecule has 0 radical (unpaired) electrons. The van der Waals surface area contributed by atoms with Crippen LogP contribution in [0.5, 0.6) is 5.75 Å². The van der Waals surface area contributed by atoms with Gasteiger partial charge in [0.2, 0.25) is 5.95 Å². The van der Waals surface area contributed by atoms with Gasteiger partial charge in [-0.2, -0.15) is 0 Å². The Labute approximate surface area is 189 Å². The van der Waals surface area contributed by atoms with E-state index in [-0.39, 0.29) is 11.6 Å². The number of imidazole rings is 2. The van der Waals surface area contributed by atoms with E-state index in [0.717, 1.165) is 17.0 Å². The maximum atomic E-state index is 12.7. The monoisotopic (exact) mass is 442 g/mol. The summed E-state index contributed by atoms with van der Waals surface area (Å²) in [6.45, 7) is 1.17. The van der Waals surface area contributed by atoms with Gasteiger partial charge in [0.1, 0.15) is 23.5 Å². The van der Waals surface area contributed by atoms with Crippen LogP contribution in [0, 0.1) is 0 Å². The second kappa shape index (κ2) is 9.01. The molecule has 0 aliphatic heterocycles. The lowest BCUT2D eigenvalue weighted by Crippen LogP contribution is -2.12. The van der Waals surface area contributed by atoms with Crippen molar-refractivity contribution in [2.45, 2.75) is 13.1 Å². The predicted octanol–water partition coefficient (Wildman–Crippen LogP) is 3.66. The average molecular weight is 442 g/mol. The number of rotatable bonds is 8. The number of carbonyl (C=O) groups excluding carboxylic acids is 1. The van der Waals surface area contributed by atoms with Crippen molar-refractivity contribution in [2.24, 2.45) is 0 Å². The number of pyridine rings is 1. The van der Waals surface area contributed by atoms with E-state index in [1.54, 1.807) is 42.6 Å². The van der Waals surface area contributed by atoms with Crippen LogP contribution in [0.1, 0.15) is 21.9 Å². The number of fused-ring (bicyclic) bond motifs is 1. The molecule has 5 rings (SSSR count). The van der Waals surface area contributed by atoms with E-state index in [0.29, 0.717) is 30.5 Å². The van der Waals surface area contributed by atoms with Crippen LogP contribution in [0.3, 0.4) is 0 Å². The van der Waals surface area contributed by atoms with Gasteiger partial charge in [-0.3, -0.25) is 13.8 Å². The third-order valence-corrected chi connectivity index (χ3v) is 5.15. The Morgan fingerprint density at radius 3 is 2.91 bits per heavy atom. The highest BCUT2D eigenvalue weighted by Gasteiger charge is 2.16. The summed E-state index contributed by atoms with van der Waals surface area (Å²) in [5.41, 5.74) is 2.76. The van der Waals surface area contributed by atoms with Crippen molar-refractivity contribution >= 4 is 17.1 Å². The molecule has 1 aromatic carbocycles. The number of aromatic nitrogens is 4. The second-order valence-corrected chi connectivity index (χ2v) is 7.35. The summed E-state index contributed by atoms with van der Waals surface area (Å²) in [5, 5.41) is 6.19. The molecule has 0 unspecified atom stereocenters. The summed E-state index contributed by atoms with van der Waals surface area (Å²) in [4.78, 5) is 21.8. The molecule has 0 fully saturated rings. The highest BCUT2D eigenvalue weighted by Crippen LogP contribution is 2.19. The van der Waals surface area contributed by atoms with Crippen LogP contribution in [-0.4, -0.2) is 32.0 Å². The molecular formula is C24H22N6O3. The topological polar surface area (TPSA) is 98.6 Å². The summed E-state index contributed by atoms with van der Waals surface area (Å²) in [7, 11) is 1.58. The number of hydrogen-bond acceptors (Lipinski definition) is 6. The molecule has 9 heteroatoms. The van der Waals surface area contributed by atoms with Gasteiger partial charge in [0.05, 0.1) is 31.1 Å². The zero-order valence-electron chi connectivity index (χ0n) is 17.9. The molecule has 0 bridgehead atoms. The summed E-state index contributed by atoms with van der Waals surface area (Å²) >= 11 is 0. The van der Waals surface area contributed by atoms with Gasteiger partial charge in [0.25, 0.3) is 5.91 Å². The smallest absolute Gasteiger partial charge is 0.275 e. The van der Waals surface area contributed by atoms with Gasteiger partial charge >= 0.3 is 0 Å². The number of benzene rings is 1. The molecule has 0 saturated carbocycles. The first-order chi connectivity index (χ1) is 16.2. The molecule has 4 aromatic heterocycles. The van der Waals surface area contributed by atoms with Gasteiger partial charge in [0, 0.05) is 30.7 Å². The molecule has 9 nitrogen and oxygen atoms in total. The van der Waals surface area contributed by atoms with Gasteiger partial charge in [-0.25, -0.2) is 9.97 Å². The minimum absolute atomic E-state index is 0.281. The summed E-state index contributed by atoms with van der Waals surface area (Å²) in [6, 6.07) is 16.9. The van der Waals surface area contributed by atoms with E-state index < -0.39 is 0 Å². The molecule has 5 aromatic rings. The quantitative estimate of drug-likeness (QED) is 0.381. The maximum absolute atomic E-state index is 12.7. The zero-order chi connectivity index (χ0) is 22.6. The number of hydrogen-bond donors (Lipinski definition) is 2. The van der Waals surface area contributed by atoms with E-state index >= 15 is 0 Å². The van der Waals surface area contributed by atoms with E-state index in [4.69, 9.17) is 14.1 Å². The van der Waals surface area contributed by atoms with Crippen LogP contribution in [-0.2, 0) is 13.1 Å². The standard InChI is InChI=1S/C24H22N6O3/c1-32-18-7-4-6-17(12-18)27-23(31)21-15-29(16-26-21)24-28-20(22-9-2-3-10-30(22)24)14-25-13-19-8-5-11-33-19/h2-12,15-16,25H,13-14H2,1H3,(H,27,31). The molecule has 2 N–H and O–H groups in total. The Balaban J connectivity index is 1.36. The third-order valence-electron chi connectivity index (χ3n) is 5.15. The maximum Gasteiger partial charge on any atom is 0.275 e. The number of nitrogens with zero attached hydrogens (tertiary/aromatic N) is 4. The Morgan fingerprint density at radius 1 is 1.12 bits per heavy atom. The minimum Gasteiger partial charge on any atom is -0.497 e. The van der Waals surface area contributed by atoms with Gasteiger partial charge in [-0.05, 0) is 36.4 Å². The summed E-state index contributed by atoms with van der Waals surface area (Å²) in [6.07, 6.45) is 6.84. The van der Waals surface area contributed by atoms with Crippen molar-refractivity contribution in [1.29, 1.82) is 0 Å². The van der Waals surface area contributed by atoms with Crippen LogP contribution in [0.25, 0.3) is 11.5 Å². The molecule has 166 valence electrons. The number of carbonyl (C=O) groups is 1. The molecule has 0 aliphatic rings. The van der Waals surface area contributed by atoms with Crippen molar-refractivity contribution in [3.8, 4) is 11.7 Å². The first-order valence-corrected chi connectivity index (χ1v) is 10.4. The molecule has 0 spiro atoms. The van der Waals surface area contributed by atoms with Crippen LogP contribution >= 0.6 is 0 Å². The van der Waals surface area contributed by atoms with E-state index in [2.05, 4.69) is 15.6 Å². The Bertz CT molecular complexity index is 1390. The molecule has 0 aliphatic carbocycles. The van der Waals surface area contributed by atoms with Crippen LogP contribution in [0.2, 0.25) is 0 Å². The normalized spacial score (nSPS) is 11.1. The lowest BCUT2D eigenvalue weighted by atomic mass is 10.3. The molecule has 4 heterocycles. The van der Waals surface area contributed by atoms with Gasteiger partial charge in [0.15, 0.2) is 0 Å². The molecule has 1 amide bonds. The second-order valence-electron chi connectivity index (χ2n) is 7.35. The fraction of sp³-hybridized carbons (Fsp3) is 0.125. The highest BCUT2D eigenvalue weighted by atomic mass is 16.5. The van der Waals surface area contributed by atoms with Crippen LogP contribution < -0.4 is 15.4 Å².